The Morgan fingerprint density at radius 3 is 2.78 bits per heavy atom. The number of unbranched alkanes of at least 4 members (excludes halogenated alkanes) is 1. The fraction of sp³-hybridized carbons (Fsp3) is 0.588. The Labute approximate surface area is 168 Å². The summed E-state index contributed by atoms with van der Waals surface area (Å²) in [6, 6.07) is 3.47. The Balaban J connectivity index is 1.96. The van der Waals surface area contributed by atoms with Crippen molar-refractivity contribution in [2.75, 3.05) is 35.2 Å². The summed E-state index contributed by atoms with van der Waals surface area (Å²) >= 11 is 5.30. The van der Waals surface area contributed by atoms with Crippen LogP contribution >= 0.6 is 11.6 Å². The first-order valence-electron chi connectivity index (χ1n) is 9.08. The van der Waals surface area contributed by atoms with Crippen molar-refractivity contribution in [2.24, 2.45) is 0 Å². The molecule has 3 rings (SSSR count). The van der Waals surface area contributed by atoms with Gasteiger partial charge in [-0.2, -0.15) is 5.10 Å². The smallest absolute Gasteiger partial charge is 0.153 e. The molecule has 1 saturated heterocycles. The normalized spacial score (nSPS) is 19.3. The van der Waals surface area contributed by atoms with E-state index in [4.69, 9.17) is 11.6 Å². The zero-order valence-electron chi connectivity index (χ0n) is 15.5. The Bertz CT molecular complexity index is 889. The number of nitrogens with one attached hydrogen (secondary N) is 1. The lowest BCUT2D eigenvalue weighted by Crippen LogP contribution is -2.42. The van der Waals surface area contributed by atoms with Gasteiger partial charge in [0.2, 0.25) is 0 Å². The van der Waals surface area contributed by atoms with E-state index in [1.165, 1.54) is 0 Å². The first kappa shape index (κ1) is 20.7. The van der Waals surface area contributed by atoms with Crippen molar-refractivity contribution in [3.05, 3.63) is 28.9 Å². The first-order chi connectivity index (χ1) is 12.8. The van der Waals surface area contributed by atoms with Crippen LogP contribution in [0.3, 0.4) is 0 Å². The minimum absolute atomic E-state index is 0.113. The molecule has 3 heterocycles. The van der Waals surface area contributed by atoms with Gasteiger partial charge in [-0.1, -0.05) is 24.9 Å². The average Bonchev–Trinajstić information content (AvgIpc) is 3.10. The summed E-state index contributed by atoms with van der Waals surface area (Å²) in [4.78, 5) is 2.03. The number of rotatable bonds is 7. The Morgan fingerprint density at radius 1 is 1.41 bits per heavy atom. The van der Waals surface area contributed by atoms with Crippen LogP contribution < -0.4 is 9.62 Å². The predicted molar refractivity (Wildman–Crippen MR) is 111 cm³/mol. The molecule has 150 valence electrons. The predicted octanol–water partition coefficient (Wildman–Crippen LogP) is 2.34. The van der Waals surface area contributed by atoms with Crippen molar-refractivity contribution in [2.45, 2.75) is 32.7 Å². The van der Waals surface area contributed by atoms with Gasteiger partial charge in [-0.25, -0.2) is 12.9 Å². The van der Waals surface area contributed by atoms with E-state index in [1.807, 2.05) is 24.0 Å². The van der Waals surface area contributed by atoms with E-state index in [1.54, 1.807) is 10.7 Å². The van der Waals surface area contributed by atoms with Crippen molar-refractivity contribution < 1.29 is 13.0 Å². The second-order valence-electron chi connectivity index (χ2n) is 6.78. The van der Waals surface area contributed by atoms with Crippen LogP contribution in [0, 0.1) is 0 Å². The minimum atomic E-state index is -3.00. The van der Waals surface area contributed by atoms with Crippen molar-refractivity contribution in [1.82, 2.24) is 14.3 Å². The standard InChI is InChI=1S/C17H25ClN4O3S2/c1-3-4-9-26(23)20-13(2)14-12-15(18)16-5-6-19-22(16)17(14)21-7-10-27(24,25)11-8-21/h5-6,12-13,20H,3-4,7-11H2,1-2H3/t13-,26?/m0/s1. The molecular weight excluding hydrogens is 408 g/mol. The highest BCUT2D eigenvalue weighted by Crippen LogP contribution is 2.33. The lowest BCUT2D eigenvalue weighted by atomic mass is 10.1. The lowest BCUT2D eigenvalue weighted by Gasteiger charge is -2.32. The summed E-state index contributed by atoms with van der Waals surface area (Å²) in [7, 11) is -3.00. The molecule has 0 aromatic carbocycles. The van der Waals surface area contributed by atoms with E-state index < -0.39 is 21.2 Å². The largest absolute Gasteiger partial charge is 0.598 e. The van der Waals surface area contributed by atoms with Crippen LogP contribution in [0.5, 0.6) is 0 Å². The third-order valence-corrected chi connectivity index (χ3v) is 7.92. The second-order valence-corrected chi connectivity index (χ2v) is 10.8. The van der Waals surface area contributed by atoms with Gasteiger partial charge in [0.15, 0.2) is 9.84 Å². The number of aromatic nitrogens is 2. The molecule has 0 amide bonds. The molecule has 0 radical (unpaired) electrons. The van der Waals surface area contributed by atoms with Gasteiger partial charge >= 0.3 is 0 Å². The number of fused-ring (bicyclic) bond motifs is 1. The second kappa shape index (κ2) is 8.57. The third-order valence-electron chi connectivity index (χ3n) is 4.73. The zero-order chi connectivity index (χ0) is 19.6. The van der Waals surface area contributed by atoms with Gasteiger partial charge in [0.05, 0.1) is 34.3 Å². The van der Waals surface area contributed by atoms with Crippen LogP contribution in [-0.2, 0) is 21.2 Å². The molecule has 7 nitrogen and oxygen atoms in total. The summed E-state index contributed by atoms with van der Waals surface area (Å²) < 4.78 is 40.9. The lowest BCUT2D eigenvalue weighted by molar-refractivity contribution is 0.561. The Hall–Kier alpha value is -1.00. The molecule has 0 bridgehead atoms. The molecule has 1 fully saturated rings. The Kier molecular flexibility index (Phi) is 6.58. The number of nitrogens with zero attached hydrogens (tertiary/aromatic N) is 3. The van der Waals surface area contributed by atoms with Gasteiger partial charge in [-0.3, -0.25) is 0 Å². The van der Waals surface area contributed by atoms with E-state index in [9.17, 15) is 13.0 Å². The maximum Gasteiger partial charge on any atom is 0.153 e. The molecule has 1 aliphatic heterocycles. The van der Waals surface area contributed by atoms with E-state index in [2.05, 4.69) is 16.7 Å². The summed E-state index contributed by atoms with van der Waals surface area (Å²) in [5, 5.41) is 4.96. The van der Waals surface area contributed by atoms with Crippen LogP contribution in [0.2, 0.25) is 5.02 Å². The van der Waals surface area contributed by atoms with Crippen LogP contribution in [0.25, 0.3) is 5.52 Å². The molecule has 0 spiro atoms. The number of pyridine rings is 1. The topological polar surface area (TPSA) is 89.8 Å². The summed E-state index contributed by atoms with van der Waals surface area (Å²) in [6.07, 6.45) is 3.55. The Morgan fingerprint density at radius 2 is 2.11 bits per heavy atom. The molecular formula is C17H25ClN4O3S2. The van der Waals surface area contributed by atoms with Crippen molar-refractivity contribution in [1.29, 1.82) is 0 Å². The van der Waals surface area contributed by atoms with Crippen molar-refractivity contribution >= 4 is 44.1 Å². The maximum atomic E-state index is 12.3. The molecule has 0 aliphatic carbocycles. The molecule has 2 aromatic rings. The molecule has 1 unspecified atom stereocenters. The molecule has 27 heavy (non-hydrogen) atoms. The monoisotopic (exact) mass is 432 g/mol. The molecule has 1 aliphatic rings. The maximum absolute atomic E-state index is 12.3. The molecule has 0 saturated carbocycles. The van der Waals surface area contributed by atoms with Gasteiger partial charge in [0.1, 0.15) is 11.6 Å². The fourth-order valence-corrected chi connectivity index (χ4v) is 5.86. The molecule has 1 N–H and O–H groups in total. The van der Waals surface area contributed by atoms with Gasteiger partial charge in [-0.15, -0.1) is 4.72 Å². The molecule has 10 heteroatoms. The van der Waals surface area contributed by atoms with Gasteiger partial charge < -0.3 is 9.45 Å². The van der Waals surface area contributed by atoms with Crippen LogP contribution in [0.1, 0.15) is 38.3 Å². The number of hydrogen-bond donors (Lipinski definition) is 1. The van der Waals surface area contributed by atoms with E-state index in [-0.39, 0.29) is 17.5 Å². The summed E-state index contributed by atoms with van der Waals surface area (Å²) in [5.41, 5.74) is 1.63. The third kappa shape index (κ3) is 4.71. The summed E-state index contributed by atoms with van der Waals surface area (Å²) in [6.45, 7) is 4.80. The number of sulfone groups is 1. The summed E-state index contributed by atoms with van der Waals surface area (Å²) in [5.74, 6) is 1.63. The highest BCUT2D eigenvalue weighted by molar-refractivity contribution is 7.91. The SMILES string of the molecule is CCCC[S+]([O-])N[C@@H](C)c1cc(Cl)c2ccnn2c1N1CCS(=O)(=O)CC1. The van der Waals surface area contributed by atoms with E-state index >= 15 is 0 Å². The van der Waals surface area contributed by atoms with Crippen molar-refractivity contribution in [3.63, 3.8) is 0 Å². The van der Waals surface area contributed by atoms with Gasteiger partial charge in [-0.05, 0) is 25.5 Å². The average molecular weight is 433 g/mol. The quantitative estimate of drug-likeness (QED) is 0.675. The van der Waals surface area contributed by atoms with Crippen LogP contribution in [-0.4, -0.2) is 52.9 Å². The minimum Gasteiger partial charge on any atom is -0.598 e. The highest BCUT2D eigenvalue weighted by atomic mass is 35.5. The van der Waals surface area contributed by atoms with Crippen molar-refractivity contribution in [3.8, 4) is 0 Å². The van der Waals surface area contributed by atoms with Crippen LogP contribution in [0.4, 0.5) is 5.82 Å². The van der Waals surface area contributed by atoms with Crippen LogP contribution in [0.15, 0.2) is 18.3 Å². The highest BCUT2D eigenvalue weighted by Gasteiger charge is 2.28. The first-order valence-corrected chi connectivity index (χ1v) is 12.6. The molecule has 2 atom stereocenters. The number of anilines is 1. The van der Waals surface area contributed by atoms with E-state index in [0.717, 1.165) is 29.7 Å². The number of halogens is 1. The molecule has 2 aromatic heterocycles. The zero-order valence-corrected chi connectivity index (χ0v) is 17.9. The fourth-order valence-electron chi connectivity index (χ4n) is 3.20. The van der Waals surface area contributed by atoms with E-state index in [0.29, 0.717) is 23.9 Å². The van der Waals surface area contributed by atoms with Gasteiger partial charge in [0, 0.05) is 30.0 Å². The van der Waals surface area contributed by atoms with Gasteiger partial charge in [0.25, 0.3) is 0 Å². The number of hydrogen-bond acceptors (Lipinski definition) is 6.